The van der Waals surface area contributed by atoms with Gasteiger partial charge in [-0.3, -0.25) is 4.79 Å². The van der Waals surface area contributed by atoms with Crippen LogP contribution in [0.25, 0.3) is 0 Å². The van der Waals surface area contributed by atoms with Gasteiger partial charge in [-0.25, -0.2) is 0 Å². The Balaban J connectivity index is 2.06. The normalized spacial score (nSPS) is 10.3. The first-order chi connectivity index (χ1) is 9.74. The van der Waals surface area contributed by atoms with Crippen LogP contribution in [0.5, 0.6) is 0 Å². The van der Waals surface area contributed by atoms with Gasteiger partial charge in [0, 0.05) is 12.2 Å². The van der Waals surface area contributed by atoms with Crippen LogP contribution < -0.4 is 10.6 Å². The van der Waals surface area contributed by atoms with Crippen LogP contribution in [0.4, 0.5) is 10.8 Å². The maximum Gasteiger partial charge on any atom is 0.286 e. The van der Waals surface area contributed by atoms with E-state index >= 15 is 0 Å². The number of hydrogen-bond acceptors (Lipinski definition) is 5. The zero-order chi connectivity index (χ0) is 14.4. The molecule has 0 bridgehead atoms. The molecule has 0 aliphatic rings. The number of hydrogen-bond donors (Lipinski definition) is 2. The fraction of sp³-hybridized carbons (Fsp3) is 0.357. The van der Waals surface area contributed by atoms with E-state index in [1.807, 2.05) is 24.3 Å². The minimum atomic E-state index is -0.215. The van der Waals surface area contributed by atoms with Gasteiger partial charge in [-0.2, -0.15) is 0 Å². The lowest BCUT2D eigenvalue weighted by molar-refractivity contribution is 0.102. The highest BCUT2D eigenvalue weighted by molar-refractivity contribution is 7.17. The van der Waals surface area contributed by atoms with Gasteiger partial charge in [-0.05, 0) is 24.5 Å². The van der Waals surface area contributed by atoms with Gasteiger partial charge in [0.1, 0.15) is 0 Å². The number of carbonyl (C=O) groups excluding carboxylic acids is 1. The van der Waals surface area contributed by atoms with Crippen LogP contribution in [0.3, 0.4) is 0 Å². The van der Waals surface area contributed by atoms with Crippen molar-refractivity contribution in [2.45, 2.75) is 26.7 Å². The quantitative estimate of drug-likeness (QED) is 0.857. The van der Waals surface area contributed by atoms with Crippen molar-refractivity contribution in [2.75, 3.05) is 17.2 Å². The first-order valence-corrected chi connectivity index (χ1v) is 7.52. The van der Waals surface area contributed by atoms with Gasteiger partial charge in [0.15, 0.2) is 0 Å². The molecular weight excluding hydrogens is 272 g/mol. The van der Waals surface area contributed by atoms with E-state index in [9.17, 15) is 4.79 Å². The summed E-state index contributed by atoms with van der Waals surface area (Å²) in [6.45, 7) is 4.96. The Morgan fingerprint density at radius 1 is 1.25 bits per heavy atom. The molecule has 1 aromatic heterocycles. The molecule has 6 heteroatoms. The highest BCUT2D eigenvalue weighted by Gasteiger charge is 2.13. The molecule has 0 saturated heterocycles. The molecule has 106 valence electrons. The zero-order valence-electron chi connectivity index (χ0n) is 11.6. The standard InChI is InChI=1S/C14H18N4OS/c1-3-9-15-14-18-17-13(20-14)12(19)16-11-8-6-5-7-10(11)4-2/h5-8H,3-4,9H2,1-2H3,(H,15,18)(H,16,19). The van der Waals surface area contributed by atoms with Gasteiger partial charge in [-0.1, -0.05) is 43.4 Å². The van der Waals surface area contributed by atoms with Crippen LogP contribution in [0.15, 0.2) is 24.3 Å². The van der Waals surface area contributed by atoms with Crippen LogP contribution in [-0.2, 0) is 6.42 Å². The van der Waals surface area contributed by atoms with E-state index in [4.69, 9.17) is 0 Å². The smallest absolute Gasteiger partial charge is 0.286 e. The maximum atomic E-state index is 12.1. The number of amides is 1. The number of para-hydroxylation sites is 1. The Morgan fingerprint density at radius 2 is 2.05 bits per heavy atom. The molecule has 0 radical (unpaired) electrons. The second-order valence-corrected chi connectivity index (χ2v) is 5.28. The third-order valence-electron chi connectivity index (χ3n) is 2.79. The van der Waals surface area contributed by atoms with Crippen molar-refractivity contribution in [1.82, 2.24) is 10.2 Å². The Labute approximate surface area is 122 Å². The predicted molar refractivity (Wildman–Crippen MR) is 82.5 cm³/mol. The Bertz CT molecular complexity index is 582. The highest BCUT2D eigenvalue weighted by Crippen LogP contribution is 2.19. The van der Waals surface area contributed by atoms with E-state index in [0.29, 0.717) is 10.1 Å². The van der Waals surface area contributed by atoms with Crippen LogP contribution in [0, 0.1) is 0 Å². The van der Waals surface area contributed by atoms with Crippen molar-refractivity contribution in [1.29, 1.82) is 0 Å². The van der Waals surface area contributed by atoms with Gasteiger partial charge in [0.25, 0.3) is 5.91 Å². The first kappa shape index (κ1) is 14.5. The van der Waals surface area contributed by atoms with Gasteiger partial charge < -0.3 is 10.6 Å². The largest absolute Gasteiger partial charge is 0.360 e. The molecule has 20 heavy (non-hydrogen) atoms. The average Bonchev–Trinajstić information content (AvgIpc) is 2.94. The van der Waals surface area contributed by atoms with Crippen LogP contribution in [-0.4, -0.2) is 22.6 Å². The SMILES string of the molecule is CCCNc1nnc(C(=O)Nc2ccccc2CC)s1. The summed E-state index contributed by atoms with van der Waals surface area (Å²) in [6.07, 6.45) is 1.88. The van der Waals surface area contributed by atoms with Crippen LogP contribution in [0.2, 0.25) is 0 Å². The number of benzene rings is 1. The van der Waals surface area contributed by atoms with Crippen molar-refractivity contribution in [3.8, 4) is 0 Å². The summed E-state index contributed by atoms with van der Waals surface area (Å²) < 4.78 is 0. The fourth-order valence-corrected chi connectivity index (χ4v) is 2.41. The van der Waals surface area contributed by atoms with Crippen LogP contribution in [0.1, 0.15) is 35.6 Å². The molecule has 1 heterocycles. The van der Waals surface area contributed by atoms with Crippen molar-refractivity contribution in [3.05, 3.63) is 34.8 Å². The predicted octanol–water partition coefficient (Wildman–Crippen LogP) is 3.17. The zero-order valence-corrected chi connectivity index (χ0v) is 12.5. The van der Waals surface area contributed by atoms with E-state index < -0.39 is 0 Å². The molecular formula is C14H18N4OS. The lowest BCUT2D eigenvalue weighted by atomic mass is 10.1. The molecule has 2 N–H and O–H groups in total. The van der Waals surface area contributed by atoms with Gasteiger partial charge in [0.05, 0.1) is 0 Å². The molecule has 0 fully saturated rings. The summed E-state index contributed by atoms with van der Waals surface area (Å²) in [6, 6.07) is 7.77. The number of nitrogens with zero attached hydrogens (tertiary/aromatic N) is 2. The number of nitrogens with one attached hydrogen (secondary N) is 2. The lowest BCUT2D eigenvalue weighted by Crippen LogP contribution is -2.12. The van der Waals surface area contributed by atoms with Crippen molar-refractivity contribution in [2.24, 2.45) is 0 Å². The summed E-state index contributed by atoms with van der Waals surface area (Å²) in [5.41, 5.74) is 1.94. The lowest BCUT2D eigenvalue weighted by Gasteiger charge is -2.07. The summed E-state index contributed by atoms with van der Waals surface area (Å²) in [5, 5.41) is 14.9. The monoisotopic (exact) mass is 290 g/mol. The number of anilines is 2. The number of aromatic nitrogens is 2. The third kappa shape index (κ3) is 3.54. The first-order valence-electron chi connectivity index (χ1n) is 6.71. The van der Waals surface area contributed by atoms with E-state index in [0.717, 1.165) is 30.6 Å². The molecule has 5 nitrogen and oxygen atoms in total. The van der Waals surface area contributed by atoms with E-state index in [2.05, 4.69) is 34.7 Å². The molecule has 2 aromatic rings. The van der Waals surface area contributed by atoms with E-state index in [-0.39, 0.29) is 5.91 Å². The van der Waals surface area contributed by atoms with Gasteiger partial charge in [-0.15, -0.1) is 10.2 Å². The summed E-state index contributed by atoms with van der Waals surface area (Å²) in [7, 11) is 0. The van der Waals surface area contributed by atoms with E-state index in [1.54, 1.807) is 0 Å². The number of rotatable bonds is 6. The molecule has 0 unspecified atom stereocenters. The molecule has 0 aliphatic carbocycles. The van der Waals surface area contributed by atoms with Gasteiger partial charge >= 0.3 is 0 Å². The molecule has 1 amide bonds. The third-order valence-corrected chi connectivity index (χ3v) is 3.67. The Hall–Kier alpha value is -1.95. The number of aryl methyl sites for hydroxylation is 1. The summed E-state index contributed by atoms with van der Waals surface area (Å²) >= 11 is 1.27. The molecule has 0 atom stereocenters. The molecule has 0 saturated carbocycles. The second-order valence-electron chi connectivity index (χ2n) is 4.30. The Morgan fingerprint density at radius 3 is 2.80 bits per heavy atom. The van der Waals surface area contributed by atoms with Gasteiger partial charge in [0.2, 0.25) is 10.1 Å². The van der Waals surface area contributed by atoms with E-state index in [1.165, 1.54) is 11.3 Å². The minimum Gasteiger partial charge on any atom is -0.360 e. The average molecular weight is 290 g/mol. The summed E-state index contributed by atoms with van der Waals surface area (Å²) in [5.74, 6) is -0.215. The van der Waals surface area contributed by atoms with Crippen molar-refractivity contribution in [3.63, 3.8) is 0 Å². The van der Waals surface area contributed by atoms with Crippen molar-refractivity contribution >= 4 is 28.1 Å². The molecule has 0 spiro atoms. The molecule has 2 rings (SSSR count). The van der Waals surface area contributed by atoms with Crippen molar-refractivity contribution < 1.29 is 4.79 Å². The maximum absolute atomic E-state index is 12.1. The second kappa shape index (κ2) is 7.00. The topological polar surface area (TPSA) is 66.9 Å². The fourth-order valence-electron chi connectivity index (χ4n) is 1.74. The van der Waals surface area contributed by atoms with Crippen LogP contribution >= 0.6 is 11.3 Å². The Kier molecular flexibility index (Phi) is 5.06. The number of carbonyl (C=O) groups is 1. The minimum absolute atomic E-state index is 0.215. The summed E-state index contributed by atoms with van der Waals surface area (Å²) in [4.78, 5) is 12.1. The highest BCUT2D eigenvalue weighted by atomic mass is 32.1. The molecule has 1 aromatic carbocycles. The molecule has 0 aliphatic heterocycles.